The maximum absolute atomic E-state index is 8.64. The van der Waals surface area contributed by atoms with Crippen LogP contribution < -0.4 is 14.5 Å². The van der Waals surface area contributed by atoms with E-state index in [2.05, 4.69) is 178 Å². The summed E-state index contributed by atoms with van der Waals surface area (Å²) in [4.78, 5) is 9.40. The Labute approximate surface area is 443 Å². The third kappa shape index (κ3) is 9.71. The molecule has 0 radical (unpaired) electrons. The van der Waals surface area contributed by atoms with Crippen LogP contribution in [0.2, 0.25) is 0 Å². The van der Waals surface area contributed by atoms with Crippen LogP contribution in [-0.2, 0) is 42.7 Å². The topological polar surface area (TPSA) is 33.5 Å². The van der Waals surface area contributed by atoms with E-state index in [0.29, 0.717) is 28.4 Å². The first-order valence-electron chi connectivity index (χ1n) is 26.8. The second kappa shape index (κ2) is 18.3. The van der Waals surface area contributed by atoms with E-state index in [9.17, 15) is 0 Å². The van der Waals surface area contributed by atoms with Crippen LogP contribution in [0.3, 0.4) is 0 Å². The van der Waals surface area contributed by atoms with Crippen LogP contribution in [0.1, 0.15) is 118 Å². The number of pyridine rings is 1. The van der Waals surface area contributed by atoms with E-state index in [4.69, 9.17) is 16.6 Å². The second-order valence-corrected chi connectivity index (χ2v) is 22.9. The molecule has 0 amide bonds. The first-order chi connectivity index (χ1) is 35.2. The van der Waals surface area contributed by atoms with Crippen molar-refractivity contribution >= 4 is 44.6 Å². The van der Waals surface area contributed by atoms with Gasteiger partial charge in [-0.15, -0.1) is 48.1 Å². The Morgan fingerprint density at radius 3 is 1.80 bits per heavy atom. The van der Waals surface area contributed by atoms with Crippen molar-refractivity contribution in [2.75, 3.05) is 9.80 Å². The molecular weight excluding hydrogens is 1050 g/mol. The van der Waals surface area contributed by atoms with Crippen LogP contribution in [0.15, 0.2) is 152 Å². The zero-order chi connectivity index (χ0) is 53.8. The summed E-state index contributed by atoms with van der Waals surface area (Å²) in [6.45, 7) is 31.4. The number of fused-ring (bicyclic) bond motifs is 4. The number of aryl methyl sites for hydroxylation is 1. The average molecular weight is 1120 g/mol. The monoisotopic (exact) mass is 1120 g/mol. The summed E-state index contributed by atoms with van der Waals surface area (Å²) in [6.07, 6.45) is 1.59. The molecule has 0 unspecified atom stereocenters. The van der Waals surface area contributed by atoms with Gasteiger partial charge >= 0.3 is 0 Å². The van der Waals surface area contributed by atoms with Crippen molar-refractivity contribution in [3.63, 3.8) is 0 Å². The van der Waals surface area contributed by atoms with E-state index >= 15 is 0 Å². The number of para-hydroxylation sites is 1. The molecule has 0 saturated heterocycles. The molecule has 7 aromatic carbocycles. The Hall–Kier alpha value is -6.42. The molecule has 6 heteroatoms. The summed E-state index contributed by atoms with van der Waals surface area (Å²) in [7, 11) is 0. The standard InChI is InChI=1S/C65H65N4O.Pt/c1-42-30-61(66-40-56(42)43-20-15-14-16-21-43)69-57-25-18-17-24-54(57)55-28-27-53(39-59(55)69)70-52-23-19-22-50(38-52)67-41-68(51-36-48(64(8,9)10)35-49(37-51)65(11,12)13)58-29-26-44(33-60(58)67)45-31-46(62(2,3)4)34-47(32-45)63(5,6)7;/h14-37,40-41H,1-13H3;/q-3;/i14D,15D,16D,20D,21D;. The average Bonchev–Trinajstić information content (AvgIpc) is 3.95. The minimum Gasteiger partial charge on any atom is -0.509 e. The molecule has 0 bridgehead atoms. The van der Waals surface area contributed by atoms with Gasteiger partial charge in [-0.1, -0.05) is 167 Å². The van der Waals surface area contributed by atoms with Gasteiger partial charge in [-0.3, -0.25) is 0 Å². The Bertz CT molecular complexity index is 3670. The molecule has 71 heavy (non-hydrogen) atoms. The molecule has 1 aliphatic heterocycles. The van der Waals surface area contributed by atoms with Crippen molar-refractivity contribution in [2.45, 2.75) is 112 Å². The minimum atomic E-state index is -0.431. The fourth-order valence-corrected chi connectivity index (χ4v) is 9.25. The van der Waals surface area contributed by atoms with Gasteiger partial charge in [0.25, 0.3) is 0 Å². The molecule has 0 aliphatic carbocycles. The maximum Gasteiger partial charge on any atom is 0.135 e. The van der Waals surface area contributed by atoms with Crippen molar-refractivity contribution in [2.24, 2.45) is 0 Å². The molecule has 0 atom stereocenters. The predicted molar refractivity (Wildman–Crippen MR) is 295 cm³/mol. The zero-order valence-corrected chi connectivity index (χ0v) is 45.4. The van der Waals surface area contributed by atoms with Gasteiger partial charge in [-0.25, -0.2) is 4.98 Å². The Morgan fingerprint density at radius 2 is 1.17 bits per heavy atom. The fraction of sp³-hybridized carbons (Fsp3) is 0.262. The van der Waals surface area contributed by atoms with Gasteiger partial charge in [0.1, 0.15) is 5.82 Å². The van der Waals surface area contributed by atoms with E-state index in [-0.39, 0.29) is 72.5 Å². The molecule has 0 fully saturated rings. The molecule has 0 spiro atoms. The number of rotatable bonds is 7. The van der Waals surface area contributed by atoms with E-state index < -0.39 is 6.04 Å². The Morgan fingerprint density at radius 1 is 0.549 bits per heavy atom. The quantitative estimate of drug-likeness (QED) is 0.149. The van der Waals surface area contributed by atoms with E-state index in [0.717, 1.165) is 50.1 Å². The zero-order valence-electron chi connectivity index (χ0n) is 48.1. The smallest absolute Gasteiger partial charge is 0.135 e. The van der Waals surface area contributed by atoms with Gasteiger partial charge in [0.15, 0.2) is 0 Å². The Balaban J connectivity index is 0.00000706. The summed E-state index contributed by atoms with van der Waals surface area (Å²) in [5.41, 5.74) is 14.2. The van der Waals surface area contributed by atoms with Gasteiger partial charge < -0.3 is 19.1 Å². The summed E-state index contributed by atoms with van der Waals surface area (Å²) in [6, 6.07) is 46.3. The van der Waals surface area contributed by atoms with Crippen molar-refractivity contribution < 1.29 is 32.7 Å². The summed E-state index contributed by atoms with van der Waals surface area (Å²) in [5, 5.41) is 1.96. The minimum absolute atomic E-state index is 0. The molecule has 5 nitrogen and oxygen atoms in total. The maximum atomic E-state index is 8.64. The van der Waals surface area contributed by atoms with Crippen molar-refractivity contribution in [1.82, 2.24) is 9.55 Å². The number of ether oxygens (including phenoxy) is 1. The number of anilines is 4. The van der Waals surface area contributed by atoms with Crippen LogP contribution in [0.5, 0.6) is 11.5 Å². The van der Waals surface area contributed by atoms with Crippen LogP contribution in [0, 0.1) is 25.7 Å². The third-order valence-electron chi connectivity index (χ3n) is 13.5. The van der Waals surface area contributed by atoms with Gasteiger partial charge in [0.05, 0.1) is 6.85 Å². The second-order valence-electron chi connectivity index (χ2n) is 22.9. The summed E-state index contributed by atoms with van der Waals surface area (Å²) >= 11 is 0. The van der Waals surface area contributed by atoms with Crippen LogP contribution >= 0.6 is 0 Å². The van der Waals surface area contributed by atoms with E-state index in [1.807, 2.05) is 60.0 Å². The van der Waals surface area contributed by atoms with Crippen molar-refractivity contribution in [3.8, 4) is 39.6 Å². The van der Waals surface area contributed by atoms with Gasteiger partial charge in [0.2, 0.25) is 0 Å². The van der Waals surface area contributed by atoms with Crippen molar-refractivity contribution in [3.05, 3.63) is 198 Å². The molecular formula is C65H65N4OPt-3. The normalized spacial score (nSPS) is 14.2. The molecule has 2 aromatic heterocycles. The molecule has 3 heterocycles. The SMILES string of the molecule is [2H]c1c([2H])c([2H])c(-c2cnc(-n3c4[c-]c(Oc5[c-]c(N6[CH-]N(c7cc(C(C)(C)C)cc(C(C)(C)C)c7)c7ccc(-c8cc(C(C)(C)C)cc(C(C)(C)C)c8)cc76)ccc5)ccc4c4ccccc43)cc2C)c([2H])c1[2H].[Pt]. The molecule has 364 valence electrons. The number of hydrogen-bond donors (Lipinski definition) is 0. The largest absolute Gasteiger partial charge is 0.509 e. The number of hydrogen-bond acceptors (Lipinski definition) is 4. The number of nitrogens with zero attached hydrogens (tertiary/aromatic N) is 4. The van der Waals surface area contributed by atoms with Crippen LogP contribution in [0.4, 0.5) is 22.7 Å². The first kappa shape index (κ1) is 43.4. The van der Waals surface area contributed by atoms with Gasteiger partial charge in [-0.05, 0) is 115 Å². The molecule has 0 saturated carbocycles. The molecule has 9 aromatic rings. The third-order valence-corrected chi connectivity index (χ3v) is 13.5. The van der Waals surface area contributed by atoms with Crippen LogP contribution in [0.25, 0.3) is 49.9 Å². The fourth-order valence-electron chi connectivity index (χ4n) is 9.25. The van der Waals surface area contributed by atoms with E-state index in [1.165, 1.54) is 27.8 Å². The van der Waals surface area contributed by atoms with Crippen molar-refractivity contribution in [1.29, 1.82) is 0 Å². The first-order valence-corrected chi connectivity index (χ1v) is 24.3. The summed E-state index contributed by atoms with van der Waals surface area (Å²) in [5.74, 6) is 1.60. The number of benzene rings is 7. The van der Waals surface area contributed by atoms with Gasteiger partial charge in [-0.2, -0.15) is 12.1 Å². The molecule has 1 aliphatic rings. The number of aromatic nitrogens is 2. The van der Waals surface area contributed by atoms with E-state index in [1.54, 1.807) is 6.20 Å². The summed E-state index contributed by atoms with van der Waals surface area (Å²) < 4.78 is 50.7. The molecule has 10 rings (SSSR count). The Kier molecular flexibility index (Phi) is 11.2. The van der Waals surface area contributed by atoms with Crippen LogP contribution in [-0.4, -0.2) is 9.55 Å². The van der Waals surface area contributed by atoms with Gasteiger partial charge in [0, 0.05) is 66.9 Å². The molecule has 0 N–H and O–H groups in total. The predicted octanol–water partition coefficient (Wildman–Crippen LogP) is 17.8.